The summed E-state index contributed by atoms with van der Waals surface area (Å²) in [5, 5.41) is 15.9. The van der Waals surface area contributed by atoms with E-state index in [0.29, 0.717) is 12.5 Å². The van der Waals surface area contributed by atoms with Gasteiger partial charge in [-0.2, -0.15) is 0 Å². The van der Waals surface area contributed by atoms with Crippen molar-refractivity contribution in [1.29, 1.82) is 0 Å². The van der Waals surface area contributed by atoms with E-state index in [1.807, 2.05) is 0 Å². The Morgan fingerprint density at radius 2 is 2.50 bits per heavy atom. The van der Waals surface area contributed by atoms with Gasteiger partial charge in [-0.3, -0.25) is 0 Å². The number of hydrogen-bond acceptors (Lipinski definition) is 5. The Hall–Kier alpha value is -1.07. The molecule has 0 bridgehead atoms. The first-order chi connectivity index (χ1) is 8.66. The Morgan fingerprint density at radius 3 is 3.11 bits per heavy atom. The van der Waals surface area contributed by atoms with Gasteiger partial charge in [-0.25, -0.2) is 0 Å². The maximum Gasteiger partial charge on any atom is 0.304 e. The topological polar surface area (TPSA) is 79.9 Å². The van der Waals surface area contributed by atoms with Crippen molar-refractivity contribution in [3.63, 3.8) is 0 Å². The number of nitrogens with one attached hydrogen (secondary N) is 1. The highest BCUT2D eigenvalue weighted by Gasteiger charge is 2.54. The minimum atomic E-state index is -0.990. The van der Waals surface area contributed by atoms with Gasteiger partial charge in [0.15, 0.2) is 0 Å². The second-order valence-corrected chi connectivity index (χ2v) is 5.76. The van der Waals surface area contributed by atoms with E-state index in [1.54, 1.807) is 5.57 Å². The lowest BCUT2D eigenvalue weighted by Gasteiger charge is -2.52. The lowest BCUT2D eigenvalue weighted by atomic mass is 9.53. The van der Waals surface area contributed by atoms with Gasteiger partial charge in [0.1, 0.15) is 5.84 Å². The predicted octanol–water partition coefficient (Wildman–Crippen LogP) is 0.907. The average molecular weight is 251 g/mol. The number of aliphatic hydroxyl groups excluding tert-OH is 1. The number of nitrogens with two attached hydrogens (primary N) is 1. The van der Waals surface area contributed by atoms with Crippen molar-refractivity contribution in [2.75, 3.05) is 6.54 Å². The third-order valence-corrected chi connectivity index (χ3v) is 4.76. The summed E-state index contributed by atoms with van der Waals surface area (Å²) >= 11 is 0. The molecule has 1 heterocycles. The quantitative estimate of drug-likeness (QED) is 0.649. The molecule has 3 rings (SSSR count). The van der Waals surface area contributed by atoms with Crippen molar-refractivity contribution in [3.8, 4) is 0 Å². The third-order valence-electron chi connectivity index (χ3n) is 4.76. The Bertz CT molecular complexity index is 407. The molecule has 4 N–H and O–H groups in total. The summed E-state index contributed by atoms with van der Waals surface area (Å²) in [4.78, 5) is 4.75. The third kappa shape index (κ3) is 1.73. The number of amidine groups is 1. The van der Waals surface area contributed by atoms with Crippen LogP contribution in [-0.2, 0) is 4.84 Å². The Kier molecular flexibility index (Phi) is 2.83. The largest absolute Gasteiger partial charge is 0.340 e. The molecule has 0 aromatic heterocycles. The zero-order valence-corrected chi connectivity index (χ0v) is 10.7. The highest BCUT2D eigenvalue weighted by Crippen LogP contribution is 2.59. The van der Waals surface area contributed by atoms with Crippen LogP contribution in [0.1, 0.15) is 32.6 Å². The fourth-order valence-electron chi connectivity index (χ4n) is 3.76. The number of oxime groups is 1. The number of allylic oxidation sites excluding steroid dienone is 2. The van der Waals surface area contributed by atoms with E-state index >= 15 is 0 Å². The summed E-state index contributed by atoms with van der Waals surface area (Å²) < 4.78 is 0. The second-order valence-electron chi connectivity index (χ2n) is 5.76. The average Bonchev–Trinajstić information content (AvgIpc) is 2.91. The van der Waals surface area contributed by atoms with Gasteiger partial charge in [-0.05, 0) is 43.1 Å². The van der Waals surface area contributed by atoms with Crippen LogP contribution < -0.4 is 11.1 Å². The first-order valence-corrected chi connectivity index (χ1v) is 6.74. The van der Waals surface area contributed by atoms with E-state index in [1.165, 1.54) is 6.42 Å². The van der Waals surface area contributed by atoms with Crippen molar-refractivity contribution in [1.82, 2.24) is 5.32 Å². The molecule has 0 radical (unpaired) electrons. The second kappa shape index (κ2) is 4.24. The maximum atomic E-state index is 9.24. The highest BCUT2D eigenvalue weighted by atomic mass is 16.7. The summed E-state index contributed by atoms with van der Waals surface area (Å²) in [5.74, 6) is 2.08. The van der Waals surface area contributed by atoms with Crippen LogP contribution in [0, 0.1) is 17.3 Å². The molecule has 1 aliphatic heterocycles. The van der Waals surface area contributed by atoms with Gasteiger partial charge < -0.3 is 21.0 Å². The minimum absolute atomic E-state index is 0.112. The van der Waals surface area contributed by atoms with E-state index in [0.717, 1.165) is 31.0 Å². The molecule has 0 spiro atoms. The van der Waals surface area contributed by atoms with E-state index in [2.05, 4.69) is 23.5 Å². The number of hydrogen-bond donors (Lipinski definition) is 3. The summed E-state index contributed by atoms with van der Waals surface area (Å²) in [6, 6.07) is 0. The van der Waals surface area contributed by atoms with Crippen LogP contribution in [0.5, 0.6) is 0 Å². The molecule has 0 aromatic carbocycles. The smallest absolute Gasteiger partial charge is 0.304 e. The summed E-state index contributed by atoms with van der Waals surface area (Å²) in [6.45, 7) is 2.88. The minimum Gasteiger partial charge on any atom is -0.340 e. The molecule has 1 fully saturated rings. The number of nitrogens with zero attached hydrogens (tertiary/aromatic N) is 1. The van der Waals surface area contributed by atoms with Gasteiger partial charge in [0.25, 0.3) is 0 Å². The van der Waals surface area contributed by atoms with E-state index in [4.69, 9.17) is 10.6 Å². The molecule has 3 aliphatic rings. The normalized spacial score (nSPS) is 41.4. The van der Waals surface area contributed by atoms with Gasteiger partial charge in [-0.1, -0.05) is 23.7 Å². The fraction of sp³-hybridized carbons (Fsp3) is 0.769. The molecule has 0 amide bonds. The lowest BCUT2D eigenvalue weighted by molar-refractivity contribution is -0.0896. The zero-order valence-electron chi connectivity index (χ0n) is 10.7. The summed E-state index contributed by atoms with van der Waals surface area (Å²) in [5.41, 5.74) is 7.69. The molecule has 5 heteroatoms. The van der Waals surface area contributed by atoms with Crippen molar-refractivity contribution in [3.05, 3.63) is 11.6 Å². The van der Waals surface area contributed by atoms with Gasteiger partial charge in [0, 0.05) is 6.42 Å². The van der Waals surface area contributed by atoms with Gasteiger partial charge in [0.05, 0.1) is 0 Å². The Balaban J connectivity index is 1.71. The van der Waals surface area contributed by atoms with Crippen LogP contribution in [0.2, 0.25) is 0 Å². The van der Waals surface area contributed by atoms with Crippen LogP contribution in [0.25, 0.3) is 0 Å². The van der Waals surface area contributed by atoms with Crippen LogP contribution in [-0.4, -0.2) is 23.9 Å². The van der Waals surface area contributed by atoms with Crippen LogP contribution >= 0.6 is 0 Å². The van der Waals surface area contributed by atoms with Gasteiger partial charge >= 0.3 is 6.41 Å². The highest BCUT2D eigenvalue weighted by molar-refractivity contribution is 5.83. The van der Waals surface area contributed by atoms with Gasteiger partial charge in [0.2, 0.25) is 0 Å². The van der Waals surface area contributed by atoms with Crippen molar-refractivity contribution < 1.29 is 9.94 Å². The molecule has 1 unspecified atom stereocenters. The van der Waals surface area contributed by atoms with Crippen molar-refractivity contribution >= 4 is 5.84 Å². The Morgan fingerprint density at radius 1 is 1.67 bits per heavy atom. The molecule has 1 saturated carbocycles. The van der Waals surface area contributed by atoms with E-state index < -0.39 is 6.41 Å². The molecule has 18 heavy (non-hydrogen) atoms. The maximum absolute atomic E-state index is 9.24. The fourth-order valence-corrected chi connectivity index (χ4v) is 3.76. The van der Waals surface area contributed by atoms with Crippen molar-refractivity contribution in [2.24, 2.45) is 28.1 Å². The SMILES string of the molecule is CCC1=C[C@@H]2[C@H](C1)C[C@]2(CN)CC1=NOC(O)N1. The predicted molar refractivity (Wildman–Crippen MR) is 68.4 cm³/mol. The first kappa shape index (κ1) is 12.0. The first-order valence-electron chi connectivity index (χ1n) is 6.74. The van der Waals surface area contributed by atoms with Crippen LogP contribution in [0.15, 0.2) is 16.8 Å². The molecule has 5 nitrogen and oxygen atoms in total. The van der Waals surface area contributed by atoms with E-state index in [-0.39, 0.29) is 5.41 Å². The Labute approximate surface area is 107 Å². The molecule has 100 valence electrons. The van der Waals surface area contributed by atoms with Gasteiger partial charge in [-0.15, -0.1) is 0 Å². The lowest BCUT2D eigenvalue weighted by Crippen LogP contribution is -2.52. The number of rotatable bonds is 4. The van der Waals surface area contributed by atoms with Crippen LogP contribution in [0.4, 0.5) is 0 Å². The number of fused-ring (bicyclic) bond motifs is 1. The molecular weight excluding hydrogens is 230 g/mol. The summed E-state index contributed by atoms with van der Waals surface area (Å²) in [6.07, 6.45) is 5.75. The standard InChI is InChI=1S/C13H21N3O2/c1-2-8-3-9-5-13(7-14,10(9)4-8)6-11-15-12(17)18-16-11/h4,9-10,12,17H,2-3,5-7,14H2,1H3,(H,15,16)/t9-,10-,12?,13-/m1/s1. The molecule has 4 atom stereocenters. The zero-order chi connectivity index (χ0) is 12.8. The molecule has 0 aromatic rings. The van der Waals surface area contributed by atoms with Crippen LogP contribution in [0.3, 0.4) is 0 Å². The van der Waals surface area contributed by atoms with Crippen molar-refractivity contribution in [2.45, 2.75) is 39.0 Å². The summed E-state index contributed by atoms with van der Waals surface area (Å²) in [7, 11) is 0. The number of aliphatic hydroxyl groups is 1. The molecular formula is C13H21N3O2. The van der Waals surface area contributed by atoms with E-state index in [9.17, 15) is 5.11 Å². The molecule has 2 aliphatic carbocycles. The molecule has 0 saturated heterocycles. The monoisotopic (exact) mass is 251 g/mol.